The summed E-state index contributed by atoms with van der Waals surface area (Å²) in [5, 5.41) is 16.8. The van der Waals surface area contributed by atoms with E-state index in [1.165, 1.54) is 0 Å². The number of hydrazine groups is 2. The lowest BCUT2D eigenvalue weighted by Gasteiger charge is -2.17. The highest BCUT2D eigenvalue weighted by atomic mass is 16.4. The van der Waals surface area contributed by atoms with Gasteiger partial charge in [-0.2, -0.15) is 0 Å². The SMILES string of the molecule is NNC(C(=O)O)C(NN)C(=O)O. The number of aliphatic carboxylic acids is 2. The van der Waals surface area contributed by atoms with E-state index in [4.69, 9.17) is 21.9 Å². The van der Waals surface area contributed by atoms with Crippen molar-refractivity contribution in [3.63, 3.8) is 0 Å². The third-order valence-electron chi connectivity index (χ3n) is 1.22. The molecule has 0 rings (SSSR count). The quantitative estimate of drug-likeness (QED) is 0.190. The van der Waals surface area contributed by atoms with Crippen molar-refractivity contribution < 1.29 is 19.8 Å². The number of carbonyl (C=O) groups is 2. The summed E-state index contributed by atoms with van der Waals surface area (Å²) in [5.41, 5.74) is 3.62. The van der Waals surface area contributed by atoms with E-state index in [0.717, 1.165) is 0 Å². The lowest BCUT2D eigenvalue weighted by Crippen LogP contribution is -2.60. The van der Waals surface area contributed by atoms with Gasteiger partial charge in [0.2, 0.25) is 0 Å². The van der Waals surface area contributed by atoms with E-state index >= 15 is 0 Å². The molecule has 0 aliphatic rings. The Morgan fingerprint density at radius 3 is 1.33 bits per heavy atom. The normalized spacial score (nSPS) is 15.2. The van der Waals surface area contributed by atoms with E-state index < -0.39 is 24.0 Å². The monoisotopic (exact) mass is 178 g/mol. The molecule has 0 aliphatic carbocycles. The molecule has 0 spiro atoms. The van der Waals surface area contributed by atoms with E-state index in [-0.39, 0.29) is 0 Å². The van der Waals surface area contributed by atoms with Gasteiger partial charge in [-0.05, 0) is 0 Å². The summed E-state index contributed by atoms with van der Waals surface area (Å²) in [6.45, 7) is 0. The molecule has 8 N–H and O–H groups in total. The third-order valence-corrected chi connectivity index (χ3v) is 1.22. The lowest BCUT2D eigenvalue weighted by atomic mass is 10.1. The number of hydrogen-bond acceptors (Lipinski definition) is 6. The third kappa shape index (κ3) is 2.43. The summed E-state index contributed by atoms with van der Waals surface area (Å²) < 4.78 is 0. The minimum absolute atomic E-state index is 1.40. The first-order valence-corrected chi connectivity index (χ1v) is 2.92. The summed E-state index contributed by atoms with van der Waals surface area (Å²) in [6, 6.07) is -2.93. The van der Waals surface area contributed by atoms with Gasteiger partial charge in [-0.3, -0.25) is 21.3 Å². The fraction of sp³-hybridized carbons (Fsp3) is 0.500. The molecule has 0 aliphatic heterocycles. The Morgan fingerprint density at radius 1 is 1.00 bits per heavy atom. The number of rotatable bonds is 5. The Balaban J connectivity index is 4.44. The number of carboxylic acid groups (broad SMARTS) is 2. The average molecular weight is 178 g/mol. The predicted molar refractivity (Wildman–Crippen MR) is 37.5 cm³/mol. The molecule has 0 heterocycles. The van der Waals surface area contributed by atoms with E-state index in [1.807, 2.05) is 10.9 Å². The highest BCUT2D eigenvalue weighted by molar-refractivity contribution is 5.85. The first kappa shape index (κ1) is 10.8. The minimum atomic E-state index is -1.47. The van der Waals surface area contributed by atoms with Crippen molar-refractivity contribution in [3.05, 3.63) is 0 Å². The fourth-order valence-corrected chi connectivity index (χ4v) is 0.620. The Morgan fingerprint density at radius 2 is 1.25 bits per heavy atom. The van der Waals surface area contributed by atoms with Crippen LogP contribution in [0.25, 0.3) is 0 Å². The van der Waals surface area contributed by atoms with Crippen molar-refractivity contribution >= 4 is 11.9 Å². The zero-order valence-corrected chi connectivity index (χ0v) is 6.02. The molecular weight excluding hydrogens is 168 g/mol. The molecule has 0 amide bonds. The second-order valence-electron chi connectivity index (χ2n) is 1.97. The maximum absolute atomic E-state index is 10.3. The van der Waals surface area contributed by atoms with E-state index in [9.17, 15) is 9.59 Å². The lowest BCUT2D eigenvalue weighted by molar-refractivity contribution is -0.148. The first-order valence-electron chi connectivity index (χ1n) is 2.92. The first-order chi connectivity index (χ1) is 5.54. The van der Waals surface area contributed by atoms with Crippen LogP contribution in [-0.2, 0) is 9.59 Å². The Bertz CT molecular complexity index is 164. The molecule has 0 aromatic heterocycles. The summed E-state index contributed by atoms with van der Waals surface area (Å²) in [5.74, 6) is 6.80. The molecule has 70 valence electrons. The summed E-state index contributed by atoms with van der Waals surface area (Å²) in [7, 11) is 0. The van der Waals surface area contributed by atoms with Crippen molar-refractivity contribution in [2.75, 3.05) is 0 Å². The van der Waals surface area contributed by atoms with Gasteiger partial charge in [-0.25, -0.2) is 10.9 Å². The minimum Gasteiger partial charge on any atom is -0.480 e. The van der Waals surface area contributed by atoms with Crippen LogP contribution in [0, 0.1) is 0 Å². The molecule has 8 heteroatoms. The summed E-state index contributed by atoms with van der Waals surface area (Å²) >= 11 is 0. The van der Waals surface area contributed by atoms with E-state index in [1.54, 1.807) is 0 Å². The largest absolute Gasteiger partial charge is 0.480 e. The fourth-order valence-electron chi connectivity index (χ4n) is 0.620. The van der Waals surface area contributed by atoms with Crippen LogP contribution in [0.3, 0.4) is 0 Å². The van der Waals surface area contributed by atoms with Crippen LogP contribution in [0.1, 0.15) is 0 Å². The molecule has 0 aromatic carbocycles. The van der Waals surface area contributed by atoms with Crippen LogP contribution in [0.4, 0.5) is 0 Å². The zero-order chi connectivity index (χ0) is 9.72. The zero-order valence-electron chi connectivity index (χ0n) is 6.02. The molecule has 8 nitrogen and oxygen atoms in total. The van der Waals surface area contributed by atoms with Crippen LogP contribution in [0.5, 0.6) is 0 Å². The van der Waals surface area contributed by atoms with Crippen LogP contribution < -0.4 is 22.5 Å². The van der Waals surface area contributed by atoms with E-state index in [0.29, 0.717) is 0 Å². The van der Waals surface area contributed by atoms with Crippen LogP contribution >= 0.6 is 0 Å². The molecule has 0 saturated carbocycles. The number of hydrogen-bond donors (Lipinski definition) is 6. The smallest absolute Gasteiger partial charge is 0.324 e. The van der Waals surface area contributed by atoms with Gasteiger partial charge in [0.1, 0.15) is 12.1 Å². The molecule has 0 saturated heterocycles. The predicted octanol–water partition coefficient (Wildman–Crippen LogP) is -3.18. The molecular formula is C4H10N4O4. The second-order valence-corrected chi connectivity index (χ2v) is 1.97. The number of carboxylic acids is 2. The maximum atomic E-state index is 10.3. The highest BCUT2D eigenvalue weighted by Crippen LogP contribution is 1.91. The van der Waals surface area contributed by atoms with Crippen molar-refractivity contribution in [1.29, 1.82) is 0 Å². The van der Waals surface area contributed by atoms with Crippen molar-refractivity contribution in [1.82, 2.24) is 10.9 Å². The van der Waals surface area contributed by atoms with Gasteiger partial charge in [-0.15, -0.1) is 0 Å². The Labute approximate surface area is 67.5 Å². The Hall–Kier alpha value is -1.22. The van der Waals surface area contributed by atoms with Crippen LogP contribution in [-0.4, -0.2) is 34.2 Å². The second kappa shape index (κ2) is 4.62. The van der Waals surface area contributed by atoms with Gasteiger partial charge >= 0.3 is 11.9 Å². The standard InChI is InChI=1S/C4H10N4O4/c5-7-1(3(9)10)2(8-6)4(11)12/h1-2,7-8H,5-6H2,(H,9,10)(H,11,12). The molecule has 2 unspecified atom stereocenters. The molecule has 2 atom stereocenters. The van der Waals surface area contributed by atoms with Crippen LogP contribution in [0.15, 0.2) is 0 Å². The van der Waals surface area contributed by atoms with E-state index in [2.05, 4.69) is 0 Å². The van der Waals surface area contributed by atoms with Gasteiger partial charge in [0.15, 0.2) is 0 Å². The van der Waals surface area contributed by atoms with Gasteiger partial charge in [0, 0.05) is 0 Å². The van der Waals surface area contributed by atoms with Crippen molar-refractivity contribution in [3.8, 4) is 0 Å². The van der Waals surface area contributed by atoms with Crippen LogP contribution in [0.2, 0.25) is 0 Å². The molecule has 0 fully saturated rings. The maximum Gasteiger partial charge on any atom is 0.324 e. The van der Waals surface area contributed by atoms with Crippen molar-refractivity contribution in [2.24, 2.45) is 11.7 Å². The molecule has 0 aromatic rings. The average Bonchev–Trinajstić information content (AvgIpc) is 1.98. The van der Waals surface area contributed by atoms with Crippen molar-refractivity contribution in [2.45, 2.75) is 12.1 Å². The number of nitrogens with one attached hydrogen (secondary N) is 2. The van der Waals surface area contributed by atoms with Gasteiger partial charge < -0.3 is 10.2 Å². The van der Waals surface area contributed by atoms with Gasteiger partial charge in [0.25, 0.3) is 0 Å². The topological polar surface area (TPSA) is 151 Å². The number of nitrogens with two attached hydrogens (primary N) is 2. The van der Waals surface area contributed by atoms with Gasteiger partial charge in [0.05, 0.1) is 0 Å². The van der Waals surface area contributed by atoms with Gasteiger partial charge in [-0.1, -0.05) is 0 Å². The molecule has 0 bridgehead atoms. The highest BCUT2D eigenvalue weighted by Gasteiger charge is 2.31. The molecule has 0 radical (unpaired) electrons. The summed E-state index contributed by atoms with van der Waals surface area (Å²) in [4.78, 5) is 20.7. The summed E-state index contributed by atoms with van der Waals surface area (Å²) in [6.07, 6.45) is 0. The molecule has 12 heavy (non-hydrogen) atoms. The Kier molecular flexibility index (Phi) is 4.15.